The number of imidazole rings is 1. The van der Waals surface area contributed by atoms with Gasteiger partial charge in [0.1, 0.15) is 0 Å². The normalized spacial score (nSPS) is 17.3. The van der Waals surface area contributed by atoms with Crippen molar-refractivity contribution in [2.75, 3.05) is 6.54 Å². The fourth-order valence-corrected chi connectivity index (χ4v) is 3.62. The van der Waals surface area contributed by atoms with Crippen LogP contribution >= 0.6 is 0 Å². The van der Waals surface area contributed by atoms with Gasteiger partial charge in [-0.1, -0.05) is 25.0 Å². The van der Waals surface area contributed by atoms with E-state index < -0.39 is 0 Å². The maximum atomic E-state index is 12.4. The zero-order valence-electron chi connectivity index (χ0n) is 13.5. The molecule has 1 aromatic carbocycles. The Bertz CT molecular complexity index is 688. The summed E-state index contributed by atoms with van der Waals surface area (Å²) in [5.41, 5.74) is 8.44. The quantitative estimate of drug-likeness (QED) is 0.943. The minimum atomic E-state index is 0.0113. The molecule has 0 unspecified atom stereocenters. The van der Waals surface area contributed by atoms with Crippen LogP contribution < -0.4 is 11.4 Å². The van der Waals surface area contributed by atoms with Crippen LogP contribution in [0.4, 0.5) is 0 Å². The molecule has 0 amide bonds. The summed E-state index contributed by atoms with van der Waals surface area (Å²) in [4.78, 5) is 12.4. The highest BCUT2D eigenvalue weighted by atomic mass is 16.1. The van der Waals surface area contributed by atoms with Gasteiger partial charge in [-0.3, -0.25) is 9.13 Å². The number of benzene rings is 1. The third-order valence-electron chi connectivity index (χ3n) is 5.07. The fourth-order valence-electron chi connectivity index (χ4n) is 3.62. The van der Waals surface area contributed by atoms with Crippen molar-refractivity contribution in [3.05, 3.63) is 52.7 Å². The van der Waals surface area contributed by atoms with E-state index in [4.69, 9.17) is 5.73 Å². The highest BCUT2D eigenvalue weighted by Gasteiger charge is 2.34. The van der Waals surface area contributed by atoms with Gasteiger partial charge in [-0.2, -0.15) is 0 Å². The van der Waals surface area contributed by atoms with Crippen LogP contribution in [0.5, 0.6) is 0 Å². The molecule has 1 aliphatic carbocycles. The van der Waals surface area contributed by atoms with E-state index in [2.05, 4.69) is 12.1 Å². The average molecular weight is 299 g/mol. The number of rotatable bonds is 4. The Morgan fingerprint density at radius 3 is 2.27 bits per heavy atom. The molecule has 1 heterocycles. The number of hydrogen-bond acceptors (Lipinski definition) is 2. The molecule has 1 aliphatic rings. The maximum absolute atomic E-state index is 12.4. The predicted molar refractivity (Wildman–Crippen MR) is 89.6 cm³/mol. The molecule has 118 valence electrons. The summed E-state index contributed by atoms with van der Waals surface area (Å²) in [6.07, 6.45) is 8.55. The average Bonchev–Trinajstić information content (AvgIpc) is 3.15. The van der Waals surface area contributed by atoms with Crippen molar-refractivity contribution in [1.82, 2.24) is 9.13 Å². The van der Waals surface area contributed by atoms with Crippen LogP contribution in [0.1, 0.15) is 51.1 Å². The van der Waals surface area contributed by atoms with Gasteiger partial charge in [0.25, 0.3) is 0 Å². The molecule has 22 heavy (non-hydrogen) atoms. The van der Waals surface area contributed by atoms with E-state index in [0.29, 0.717) is 6.54 Å². The Morgan fingerprint density at radius 1 is 1.14 bits per heavy atom. The van der Waals surface area contributed by atoms with Gasteiger partial charge in [-0.25, -0.2) is 4.79 Å². The first-order chi connectivity index (χ1) is 10.6. The molecule has 1 aromatic heterocycles. The summed E-state index contributed by atoms with van der Waals surface area (Å²) in [5, 5.41) is 0. The fraction of sp³-hybridized carbons (Fsp3) is 0.500. The molecular formula is C18H25N3O. The lowest BCUT2D eigenvalue weighted by Gasteiger charge is -2.28. The molecule has 1 saturated carbocycles. The zero-order chi connectivity index (χ0) is 15.7. The van der Waals surface area contributed by atoms with Crippen molar-refractivity contribution < 1.29 is 0 Å². The van der Waals surface area contributed by atoms with Crippen molar-refractivity contribution in [2.24, 2.45) is 5.73 Å². The first kappa shape index (κ1) is 15.1. The van der Waals surface area contributed by atoms with Gasteiger partial charge < -0.3 is 5.73 Å². The van der Waals surface area contributed by atoms with Crippen LogP contribution in [0.15, 0.2) is 41.5 Å². The first-order valence-corrected chi connectivity index (χ1v) is 8.18. The Balaban J connectivity index is 1.93. The van der Waals surface area contributed by atoms with Crippen LogP contribution in [0.3, 0.4) is 0 Å². The highest BCUT2D eigenvalue weighted by Crippen LogP contribution is 2.40. The van der Waals surface area contributed by atoms with Gasteiger partial charge in [-0.05, 0) is 44.4 Å². The van der Waals surface area contributed by atoms with Crippen LogP contribution in [-0.4, -0.2) is 15.7 Å². The Labute approximate surface area is 131 Å². The standard InChI is InChI=1S/C18H25N3O/c1-14(2)20-11-12-21(17(20)22)16-7-5-15(6-8-16)18(13-19)9-3-4-10-18/h5-8,11-12,14H,3-4,9-10,13,19H2,1-2H3. The monoisotopic (exact) mass is 299 g/mol. The van der Waals surface area contributed by atoms with Crippen molar-refractivity contribution in [3.8, 4) is 5.69 Å². The van der Waals surface area contributed by atoms with Gasteiger partial charge in [-0.15, -0.1) is 0 Å². The molecule has 0 spiro atoms. The molecule has 4 heteroatoms. The second-order valence-electron chi connectivity index (χ2n) is 6.69. The van der Waals surface area contributed by atoms with Crippen molar-refractivity contribution in [2.45, 2.75) is 51.0 Å². The van der Waals surface area contributed by atoms with E-state index in [1.807, 2.05) is 38.4 Å². The highest BCUT2D eigenvalue weighted by molar-refractivity contribution is 5.38. The van der Waals surface area contributed by atoms with Crippen LogP contribution in [-0.2, 0) is 5.41 Å². The third-order valence-corrected chi connectivity index (χ3v) is 5.07. The van der Waals surface area contributed by atoms with E-state index in [1.54, 1.807) is 9.13 Å². The van der Waals surface area contributed by atoms with Crippen molar-refractivity contribution >= 4 is 0 Å². The Kier molecular flexibility index (Phi) is 3.96. The van der Waals surface area contributed by atoms with Gasteiger partial charge in [0.05, 0.1) is 5.69 Å². The van der Waals surface area contributed by atoms with Crippen LogP contribution in [0.25, 0.3) is 5.69 Å². The summed E-state index contributed by atoms with van der Waals surface area (Å²) < 4.78 is 3.44. The smallest absolute Gasteiger partial charge is 0.330 e. The lowest BCUT2D eigenvalue weighted by molar-refractivity contribution is 0.453. The molecule has 0 aliphatic heterocycles. The molecule has 2 aromatic rings. The van der Waals surface area contributed by atoms with Crippen LogP contribution in [0.2, 0.25) is 0 Å². The van der Waals surface area contributed by atoms with E-state index in [0.717, 1.165) is 5.69 Å². The Morgan fingerprint density at radius 2 is 1.77 bits per heavy atom. The van der Waals surface area contributed by atoms with Gasteiger partial charge in [0, 0.05) is 30.4 Å². The molecule has 0 bridgehead atoms. The minimum absolute atomic E-state index is 0.0113. The largest absolute Gasteiger partial charge is 0.332 e. The number of nitrogens with zero attached hydrogens (tertiary/aromatic N) is 2. The first-order valence-electron chi connectivity index (χ1n) is 8.18. The van der Waals surface area contributed by atoms with Gasteiger partial charge >= 0.3 is 5.69 Å². The number of nitrogens with two attached hydrogens (primary N) is 1. The lowest BCUT2D eigenvalue weighted by Crippen LogP contribution is -2.32. The number of hydrogen-bond donors (Lipinski definition) is 1. The lowest BCUT2D eigenvalue weighted by atomic mass is 9.79. The van der Waals surface area contributed by atoms with Gasteiger partial charge in [0.2, 0.25) is 0 Å². The second kappa shape index (κ2) is 5.76. The Hall–Kier alpha value is -1.81. The maximum Gasteiger partial charge on any atom is 0.332 e. The summed E-state index contributed by atoms with van der Waals surface area (Å²) in [6, 6.07) is 8.54. The molecule has 0 atom stereocenters. The molecular weight excluding hydrogens is 274 g/mol. The second-order valence-corrected chi connectivity index (χ2v) is 6.69. The molecule has 1 fully saturated rings. The van der Waals surface area contributed by atoms with E-state index in [1.165, 1.54) is 31.2 Å². The zero-order valence-corrected chi connectivity index (χ0v) is 13.5. The van der Waals surface area contributed by atoms with E-state index in [-0.39, 0.29) is 17.1 Å². The molecule has 2 N–H and O–H groups in total. The molecule has 3 rings (SSSR count). The van der Waals surface area contributed by atoms with Gasteiger partial charge in [0.15, 0.2) is 0 Å². The molecule has 0 radical (unpaired) electrons. The van der Waals surface area contributed by atoms with Crippen molar-refractivity contribution in [3.63, 3.8) is 0 Å². The summed E-state index contributed by atoms with van der Waals surface area (Å²) in [6.45, 7) is 4.73. The number of aromatic nitrogens is 2. The molecule has 0 saturated heterocycles. The van der Waals surface area contributed by atoms with E-state index in [9.17, 15) is 4.79 Å². The minimum Gasteiger partial charge on any atom is -0.330 e. The summed E-state index contributed by atoms with van der Waals surface area (Å²) in [5.74, 6) is 0. The molecule has 4 nitrogen and oxygen atoms in total. The third kappa shape index (κ3) is 2.41. The van der Waals surface area contributed by atoms with Crippen molar-refractivity contribution in [1.29, 1.82) is 0 Å². The SMILES string of the molecule is CC(C)n1ccn(-c2ccc(C3(CN)CCCC3)cc2)c1=O. The summed E-state index contributed by atoms with van der Waals surface area (Å²) in [7, 11) is 0. The van der Waals surface area contributed by atoms with E-state index >= 15 is 0 Å². The topological polar surface area (TPSA) is 52.9 Å². The van der Waals surface area contributed by atoms with Crippen LogP contribution in [0, 0.1) is 0 Å². The predicted octanol–water partition coefficient (Wildman–Crippen LogP) is 2.99. The summed E-state index contributed by atoms with van der Waals surface area (Å²) >= 11 is 0.